The van der Waals surface area contributed by atoms with Crippen molar-refractivity contribution in [2.45, 2.75) is 6.18 Å². The third-order valence-corrected chi connectivity index (χ3v) is 4.06. The number of nitro groups is 1. The van der Waals surface area contributed by atoms with Crippen molar-refractivity contribution in [1.29, 1.82) is 0 Å². The summed E-state index contributed by atoms with van der Waals surface area (Å²) in [5.41, 5.74) is 4.00. The second-order valence-electron chi connectivity index (χ2n) is 6.00. The van der Waals surface area contributed by atoms with Crippen LogP contribution in [0.2, 0.25) is 0 Å². The zero-order chi connectivity index (χ0) is 22.1. The van der Waals surface area contributed by atoms with E-state index in [1.165, 1.54) is 31.3 Å². The maximum Gasteiger partial charge on any atom is 0.417 e. The lowest BCUT2D eigenvalue weighted by molar-refractivity contribution is -0.384. The summed E-state index contributed by atoms with van der Waals surface area (Å²) in [6.45, 7) is 0. The molecule has 3 aromatic rings. The number of nitrogens with two attached hydrogens (primary N) is 1. The van der Waals surface area contributed by atoms with Crippen molar-refractivity contribution < 1.29 is 27.6 Å². The number of carbonyl (C=O) groups is 1. The van der Waals surface area contributed by atoms with E-state index in [0.717, 1.165) is 18.2 Å². The first-order chi connectivity index (χ1) is 14.1. The fraction of sp³-hybridized carbons (Fsp3) is 0.111. The molecule has 0 aliphatic heterocycles. The second-order valence-corrected chi connectivity index (χ2v) is 6.00. The number of hydrogen-bond donors (Lipinski definition) is 3. The molecule has 1 amide bonds. The van der Waals surface area contributed by atoms with Gasteiger partial charge in [0, 0.05) is 24.6 Å². The van der Waals surface area contributed by atoms with Crippen LogP contribution in [0.5, 0.6) is 11.5 Å². The highest BCUT2D eigenvalue weighted by Crippen LogP contribution is 2.39. The van der Waals surface area contributed by atoms with Crippen molar-refractivity contribution in [3.8, 4) is 11.5 Å². The molecule has 0 saturated carbocycles. The number of alkyl halides is 3. The van der Waals surface area contributed by atoms with Crippen LogP contribution in [-0.2, 0) is 6.18 Å². The van der Waals surface area contributed by atoms with E-state index in [0.29, 0.717) is 0 Å². The number of H-pyrrole nitrogens is 1. The average molecular weight is 421 g/mol. The number of hydrogen-bond acceptors (Lipinski definition) is 5. The van der Waals surface area contributed by atoms with Crippen LogP contribution < -0.4 is 15.8 Å². The number of nitrogens with one attached hydrogen (secondary N) is 2. The minimum absolute atomic E-state index is 0.0111. The number of amides is 1. The SMILES string of the molecule is CN=C(N)NC(=O)c1cc2c(C(F)(F)F)ccc(Oc3ccc([N+](=O)[O-])cc3)c2[nH]1. The number of nitro benzene ring substituents is 1. The Morgan fingerprint density at radius 1 is 1.23 bits per heavy atom. The molecule has 1 aromatic heterocycles. The van der Waals surface area contributed by atoms with E-state index in [9.17, 15) is 28.1 Å². The standard InChI is InChI=1S/C18H14F3N5O4/c1-23-17(22)25-16(27)13-8-11-12(18(19,20)21)6-7-14(15(11)24-13)30-10-4-2-9(3-5-10)26(28)29/h2-8,24H,1H3,(H3,22,23,25,27). The molecular weight excluding hydrogens is 407 g/mol. The minimum Gasteiger partial charge on any atom is -0.455 e. The number of rotatable bonds is 4. The van der Waals surface area contributed by atoms with Gasteiger partial charge >= 0.3 is 6.18 Å². The maximum atomic E-state index is 13.4. The predicted molar refractivity (Wildman–Crippen MR) is 101 cm³/mol. The highest BCUT2D eigenvalue weighted by atomic mass is 19.4. The maximum absolute atomic E-state index is 13.4. The van der Waals surface area contributed by atoms with E-state index in [4.69, 9.17) is 10.5 Å². The predicted octanol–water partition coefficient (Wildman–Crippen LogP) is 3.56. The fourth-order valence-corrected chi connectivity index (χ4v) is 2.65. The van der Waals surface area contributed by atoms with Crippen LogP contribution in [-0.4, -0.2) is 28.8 Å². The summed E-state index contributed by atoms with van der Waals surface area (Å²) in [4.78, 5) is 28.5. The number of guanidine groups is 1. The van der Waals surface area contributed by atoms with Gasteiger partial charge in [0.2, 0.25) is 0 Å². The number of aromatic amines is 1. The molecule has 1 heterocycles. The summed E-state index contributed by atoms with van der Waals surface area (Å²) >= 11 is 0. The Bertz CT molecular complexity index is 1150. The highest BCUT2D eigenvalue weighted by Gasteiger charge is 2.34. The van der Waals surface area contributed by atoms with Crippen molar-refractivity contribution >= 4 is 28.5 Å². The van der Waals surface area contributed by atoms with Crippen molar-refractivity contribution in [3.63, 3.8) is 0 Å². The number of ether oxygens (including phenoxy) is 1. The second kappa shape index (κ2) is 7.73. The molecule has 2 aromatic carbocycles. The first-order valence-electron chi connectivity index (χ1n) is 8.29. The van der Waals surface area contributed by atoms with Gasteiger partial charge in [0.1, 0.15) is 11.4 Å². The van der Waals surface area contributed by atoms with E-state index in [-0.39, 0.29) is 39.7 Å². The summed E-state index contributed by atoms with van der Waals surface area (Å²) in [7, 11) is 1.33. The Balaban J connectivity index is 2.06. The highest BCUT2D eigenvalue weighted by molar-refractivity contribution is 6.07. The van der Waals surface area contributed by atoms with Crippen molar-refractivity contribution in [1.82, 2.24) is 10.3 Å². The molecule has 4 N–H and O–H groups in total. The third kappa shape index (κ3) is 4.16. The number of benzene rings is 2. The first-order valence-corrected chi connectivity index (χ1v) is 8.29. The number of non-ortho nitro benzene ring substituents is 1. The molecule has 0 unspecified atom stereocenters. The normalized spacial score (nSPS) is 12.1. The van der Waals surface area contributed by atoms with Crippen molar-refractivity contribution in [2.75, 3.05) is 7.05 Å². The molecule has 156 valence electrons. The summed E-state index contributed by atoms with van der Waals surface area (Å²) in [6, 6.07) is 7.92. The lowest BCUT2D eigenvalue weighted by Crippen LogP contribution is -2.36. The first kappa shape index (κ1) is 20.6. The molecule has 0 fully saturated rings. The molecule has 3 rings (SSSR count). The number of aromatic nitrogens is 1. The number of nitrogens with zero attached hydrogens (tertiary/aromatic N) is 2. The summed E-state index contributed by atoms with van der Waals surface area (Å²) in [6.07, 6.45) is -4.68. The molecule has 0 aliphatic carbocycles. The van der Waals surface area contributed by atoms with Gasteiger partial charge in [-0.15, -0.1) is 0 Å². The van der Waals surface area contributed by atoms with Crippen molar-refractivity contribution in [3.05, 3.63) is 63.8 Å². The van der Waals surface area contributed by atoms with Crippen LogP contribution in [0.1, 0.15) is 16.1 Å². The van der Waals surface area contributed by atoms with Gasteiger partial charge in [-0.1, -0.05) is 0 Å². The van der Waals surface area contributed by atoms with Crippen molar-refractivity contribution in [2.24, 2.45) is 10.7 Å². The Morgan fingerprint density at radius 3 is 2.47 bits per heavy atom. The average Bonchev–Trinajstić information content (AvgIpc) is 3.13. The lowest BCUT2D eigenvalue weighted by Gasteiger charge is -2.11. The molecule has 0 aliphatic rings. The molecule has 12 heteroatoms. The minimum atomic E-state index is -4.68. The topological polar surface area (TPSA) is 136 Å². The van der Waals surface area contributed by atoms with Gasteiger partial charge in [-0.2, -0.15) is 13.2 Å². The molecular formula is C18H14F3N5O4. The summed E-state index contributed by atoms with van der Waals surface area (Å²) < 4.78 is 45.8. The van der Waals surface area contributed by atoms with Crippen LogP contribution in [0.3, 0.4) is 0 Å². The third-order valence-electron chi connectivity index (χ3n) is 4.06. The van der Waals surface area contributed by atoms with Crippen LogP contribution >= 0.6 is 0 Å². The Kier molecular flexibility index (Phi) is 5.32. The van der Waals surface area contributed by atoms with Gasteiger partial charge < -0.3 is 15.5 Å². The van der Waals surface area contributed by atoms with Gasteiger partial charge in [0.05, 0.1) is 16.0 Å². The van der Waals surface area contributed by atoms with Crippen LogP contribution in [0, 0.1) is 10.1 Å². The molecule has 30 heavy (non-hydrogen) atoms. The number of carbonyl (C=O) groups excluding carboxylic acids is 1. The zero-order valence-corrected chi connectivity index (χ0v) is 15.3. The van der Waals surface area contributed by atoms with Crippen LogP contribution in [0.15, 0.2) is 47.5 Å². The molecule has 0 spiro atoms. The number of fused-ring (bicyclic) bond motifs is 1. The van der Waals surface area contributed by atoms with Gasteiger partial charge in [0.25, 0.3) is 11.6 Å². The lowest BCUT2D eigenvalue weighted by atomic mass is 10.1. The number of aliphatic imine (C=N–C) groups is 1. The van der Waals surface area contributed by atoms with E-state index >= 15 is 0 Å². The summed E-state index contributed by atoms with van der Waals surface area (Å²) in [5.74, 6) is -0.853. The van der Waals surface area contributed by atoms with Crippen LogP contribution in [0.4, 0.5) is 18.9 Å². The van der Waals surface area contributed by atoms with Gasteiger partial charge in [-0.05, 0) is 30.3 Å². The van der Waals surface area contributed by atoms with Gasteiger partial charge in [0.15, 0.2) is 11.7 Å². The smallest absolute Gasteiger partial charge is 0.417 e. The Labute approximate surface area is 166 Å². The monoisotopic (exact) mass is 421 g/mol. The van der Waals surface area contributed by atoms with Gasteiger partial charge in [-0.25, -0.2) is 0 Å². The molecule has 9 nitrogen and oxygen atoms in total. The summed E-state index contributed by atoms with van der Waals surface area (Å²) in [5, 5.41) is 12.7. The Morgan fingerprint density at radius 2 is 1.90 bits per heavy atom. The molecule has 0 atom stereocenters. The fourth-order valence-electron chi connectivity index (χ4n) is 2.65. The number of halogens is 3. The Hall–Kier alpha value is -4.09. The largest absolute Gasteiger partial charge is 0.455 e. The van der Waals surface area contributed by atoms with E-state index < -0.39 is 22.6 Å². The molecule has 0 bridgehead atoms. The van der Waals surface area contributed by atoms with E-state index in [1.54, 1.807) is 0 Å². The zero-order valence-electron chi connectivity index (χ0n) is 15.3. The van der Waals surface area contributed by atoms with Gasteiger partial charge in [-0.3, -0.25) is 25.2 Å². The van der Waals surface area contributed by atoms with E-state index in [1.807, 2.05) is 0 Å². The van der Waals surface area contributed by atoms with Crippen LogP contribution in [0.25, 0.3) is 10.9 Å². The quantitative estimate of drug-likeness (QED) is 0.256. The molecule has 0 saturated heterocycles. The van der Waals surface area contributed by atoms with E-state index in [2.05, 4.69) is 15.3 Å². The molecule has 0 radical (unpaired) electrons.